The van der Waals surface area contributed by atoms with Gasteiger partial charge in [0.05, 0.1) is 25.4 Å². The summed E-state index contributed by atoms with van der Waals surface area (Å²) in [6.45, 7) is 4.94. The fourth-order valence-electron chi connectivity index (χ4n) is 13.5. The highest BCUT2D eigenvalue weighted by Gasteiger charge is 2.18. The van der Waals surface area contributed by atoms with Crippen molar-refractivity contribution in [1.82, 2.24) is 5.32 Å². The maximum Gasteiger partial charge on any atom is 0.305 e. The molecule has 0 aromatic carbocycles. The minimum atomic E-state index is -0.843. The number of allylic oxidation sites excluding steroid dienone is 5. The van der Waals surface area contributed by atoms with Gasteiger partial charge < -0.3 is 20.3 Å². The van der Waals surface area contributed by atoms with E-state index in [1.165, 1.54) is 398 Å². The second-order valence-corrected chi connectivity index (χ2v) is 29.2. The van der Waals surface area contributed by atoms with Crippen LogP contribution in [0.1, 0.15) is 476 Å². The molecule has 0 aliphatic rings. The molecule has 6 heteroatoms. The van der Waals surface area contributed by atoms with Gasteiger partial charge in [0, 0.05) is 12.8 Å². The van der Waals surface area contributed by atoms with Crippen molar-refractivity contribution in [2.24, 2.45) is 0 Å². The van der Waals surface area contributed by atoms with Crippen molar-refractivity contribution in [1.29, 1.82) is 0 Å². The van der Waals surface area contributed by atoms with Crippen LogP contribution in [0.4, 0.5) is 0 Å². The van der Waals surface area contributed by atoms with Crippen LogP contribution in [0.5, 0.6) is 0 Å². The van der Waals surface area contributed by atoms with Gasteiger partial charge in [0.15, 0.2) is 0 Å². The van der Waals surface area contributed by atoms with Gasteiger partial charge in [-0.05, 0) is 64.2 Å². The van der Waals surface area contributed by atoms with Crippen LogP contribution in [0.25, 0.3) is 0 Å². The molecule has 0 aliphatic heterocycles. The summed E-state index contributed by atoms with van der Waals surface area (Å²) in [6.07, 6.45) is 107. The first-order valence-corrected chi connectivity index (χ1v) is 42.3. The molecule has 0 aromatic rings. The number of rotatable bonds is 80. The van der Waals surface area contributed by atoms with Gasteiger partial charge in [-0.1, -0.05) is 436 Å². The molecule has 0 saturated heterocycles. The Kier molecular flexibility index (Phi) is 79.8. The normalized spacial score (nSPS) is 12.6. The van der Waals surface area contributed by atoms with Crippen molar-refractivity contribution in [2.45, 2.75) is 488 Å². The average molecular weight is 1290 g/mol. The summed E-state index contributed by atoms with van der Waals surface area (Å²) in [5, 5.41) is 23.3. The Hall–Kier alpha value is -1.92. The zero-order chi connectivity index (χ0) is 66.3. The van der Waals surface area contributed by atoms with Crippen molar-refractivity contribution < 1.29 is 24.5 Å². The van der Waals surface area contributed by atoms with Crippen LogP contribution >= 0.6 is 0 Å². The van der Waals surface area contributed by atoms with Gasteiger partial charge in [0.25, 0.3) is 0 Å². The molecule has 0 rings (SSSR count). The van der Waals surface area contributed by atoms with Crippen LogP contribution < -0.4 is 5.32 Å². The maximum absolute atomic E-state index is 12.6. The fraction of sp³-hybridized carbons (Fsp3) is 0.907. The highest BCUT2D eigenvalue weighted by Crippen LogP contribution is 2.20. The molecule has 0 aromatic heterocycles. The molecule has 0 radical (unpaired) electrons. The number of unbranched alkanes of at least 4 members (excludes halogenated alkanes) is 65. The molecule has 0 heterocycles. The summed E-state index contributed by atoms with van der Waals surface area (Å²) in [6, 6.07) is -0.626. The predicted molar refractivity (Wildman–Crippen MR) is 407 cm³/mol. The third-order valence-electron chi connectivity index (χ3n) is 19.9. The highest BCUT2D eigenvalue weighted by atomic mass is 16.5. The van der Waals surface area contributed by atoms with Crippen LogP contribution in [0.2, 0.25) is 0 Å². The van der Waals surface area contributed by atoms with E-state index in [9.17, 15) is 19.8 Å². The van der Waals surface area contributed by atoms with Crippen molar-refractivity contribution in [3.8, 4) is 0 Å². The molecule has 0 aliphatic carbocycles. The van der Waals surface area contributed by atoms with E-state index < -0.39 is 12.1 Å². The number of carbonyl (C=O) groups is 2. The molecular weight excluding hydrogens is 1130 g/mol. The summed E-state index contributed by atoms with van der Waals surface area (Å²) in [5.41, 5.74) is 0. The molecule has 2 unspecified atom stereocenters. The number of ether oxygens (including phenoxy) is 1. The summed E-state index contributed by atoms with van der Waals surface area (Å²) in [4.78, 5) is 24.7. The van der Waals surface area contributed by atoms with Crippen molar-refractivity contribution in [2.75, 3.05) is 13.2 Å². The highest BCUT2D eigenvalue weighted by molar-refractivity contribution is 5.76. The Morgan fingerprint density at radius 1 is 0.304 bits per heavy atom. The van der Waals surface area contributed by atoms with Gasteiger partial charge in [-0.2, -0.15) is 0 Å². The first kappa shape index (κ1) is 90.1. The van der Waals surface area contributed by atoms with Crippen LogP contribution in [0, 0.1) is 0 Å². The van der Waals surface area contributed by atoms with E-state index >= 15 is 0 Å². The topological polar surface area (TPSA) is 95.9 Å². The van der Waals surface area contributed by atoms with Crippen molar-refractivity contribution in [3.63, 3.8) is 0 Å². The number of esters is 1. The average Bonchev–Trinajstić information content (AvgIpc) is 3.68. The molecule has 0 bridgehead atoms. The lowest BCUT2D eigenvalue weighted by atomic mass is 10.0. The molecule has 0 spiro atoms. The summed E-state index contributed by atoms with van der Waals surface area (Å²) >= 11 is 0. The number of carbonyl (C=O) groups excluding carboxylic acids is 2. The summed E-state index contributed by atoms with van der Waals surface area (Å²) < 4.78 is 5.52. The molecule has 6 nitrogen and oxygen atoms in total. The van der Waals surface area contributed by atoms with E-state index in [1.54, 1.807) is 6.08 Å². The van der Waals surface area contributed by atoms with Gasteiger partial charge in [-0.15, -0.1) is 0 Å². The van der Waals surface area contributed by atoms with E-state index in [-0.39, 0.29) is 18.5 Å². The largest absolute Gasteiger partial charge is 0.466 e. The van der Waals surface area contributed by atoms with Crippen molar-refractivity contribution >= 4 is 11.9 Å². The van der Waals surface area contributed by atoms with Crippen LogP contribution in [-0.2, 0) is 14.3 Å². The van der Waals surface area contributed by atoms with Gasteiger partial charge in [0.1, 0.15) is 0 Å². The number of hydrogen-bond acceptors (Lipinski definition) is 5. The second kappa shape index (κ2) is 81.5. The predicted octanol–water partition coefficient (Wildman–Crippen LogP) is 28.2. The zero-order valence-electron chi connectivity index (χ0n) is 62.6. The van der Waals surface area contributed by atoms with E-state index in [1.807, 2.05) is 6.08 Å². The quantitative estimate of drug-likeness (QED) is 0.0320. The number of amides is 1. The molecule has 1 amide bonds. The number of hydrogen-bond donors (Lipinski definition) is 3. The van der Waals surface area contributed by atoms with Gasteiger partial charge in [-0.3, -0.25) is 9.59 Å². The summed E-state index contributed by atoms with van der Waals surface area (Å²) in [5.74, 6) is -0.0399. The Morgan fingerprint density at radius 3 is 0.848 bits per heavy atom. The number of aliphatic hydroxyl groups is 2. The number of nitrogens with one attached hydrogen (secondary N) is 1. The first-order chi connectivity index (χ1) is 45.5. The lowest BCUT2D eigenvalue weighted by Crippen LogP contribution is -2.45. The van der Waals surface area contributed by atoms with Gasteiger partial charge in [-0.25, -0.2) is 0 Å². The molecule has 92 heavy (non-hydrogen) atoms. The third-order valence-corrected chi connectivity index (χ3v) is 19.9. The third kappa shape index (κ3) is 77.1. The Morgan fingerprint density at radius 2 is 0.543 bits per heavy atom. The molecule has 544 valence electrons. The Bertz CT molecular complexity index is 1490. The van der Waals surface area contributed by atoms with Crippen LogP contribution in [-0.4, -0.2) is 47.4 Å². The second-order valence-electron chi connectivity index (χ2n) is 29.2. The van der Waals surface area contributed by atoms with Crippen LogP contribution in [0.3, 0.4) is 0 Å². The van der Waals surface area contributed by atoms with E-state index in [0.29, 0.717) is 19.4 Å². The minimum Gasteiger partial charge on any atom is -0.466 e. The van der Waals surface area contributed by atoms with Crippen LogP contribution in [0.15, 0.2) is 36.5 Å². The maximum atomic E-state index is 12.6. The first-order valence-electron chi connectivity index (χ1n) is 42.3. The molecule has 2 atom stereocenters. The molecule has 3 N–H and O–H groups in total. The Labute approximate surface area is 576 Å². The SMILES string of the molecule is CCCCC/C=C\C/C=C\CCCCCCCCCCCC(=O)OCCCCCCCCCCCCCCCCCCCCCCCCCCCCCCCCCCC(=O)NC(CO)C(O)/C=C/CCCCCCCCCCCCCCCCCCCCCCCC. The van der Waals surface area contributed by atoms with E-state index in [2.05, 4.69) is 43.5 Å². The van der Waals surface area contributed by atoms with Crippen molar-refractivity contribution in [3.05, 3.63) is 36.5 Å². The van der Waals surface area contributed by atoms with Gasteiger partial charge in [0.2, 0.25) is 5.91 Å². The van der Waals surface area contributed by atoms with Gasteiger partial charge >= 0.3 is 5.97 Å². The fourth-order valence-corrected chi connectivity index (χ4v) is 13.5. The monoisotopic (exact) mass is 1290 g/mol. The smallest absolute Gasteiger partial charge is 0.305 e. The molecular formula is C86H165NO5. The lowest BCUT2D eigenvalue weighted by Gasteiger charge is -2.20. The van der Waals surface area contributed by atoms with E-state index in [0.717, 1.165) is 51.4 Å². The molecule has 0 fully saturated rings. The standard InChI is InChI=1S/C86H165NO5/c1-3-5-7-9-11-13-15-17-19-21-23-24-25-36-39-43-46-50-54-58-62-66-70-74-78-84(89)83(82-88)87-85(90)79-75-71-67-63-59-55-51-47-44-40-37-34-32-30-28-26-27-29-31-33-35-38-41-45-49-53-57-61-65-69-73-77-81-92-86(91)80-76-72-68-64-60-56-52-48-42-22-20-18-16-14-12-10-8-6-4-2/h12,14,18,20,74,78,83-84,88-89H,3-11,13,15-17,19,21-73,75-77,79-82H2,1-2H3,(H,87,90)/b14-12-,20-18-,78-74+. The summed E-state index contributed by atoms with van der Waals surface area (Å²) in [7, 11) is 0. The van der Waals surface area contributed by atoms with E-state index in [4.69, 9.17) is 4.74 Å². The minimum absolute atomic E-state index is 0.0181. The number of aliphatic hydroxyl groups excluding tert-OH is 2. The zero-order valence-corrected chi connectivity index (χ0v) is 62.6. The molecule has 0 saturated carbocycles. The Balaban J connectivity index is 3.34. The lowest BCUT2D eigenvalue weighted by molar-refractivity contribution is -0.143.